The fraction of sp³-hybridized carbons (Fsp3) is 0.900. The van der Waals surface area contributed by atoms with Gasteiger partial charge in [0.05, 0.1) is 12.7 Å². The standard InChI is InChI=1S/C10H20N2O3/c1-8(10(13)12-5-4-11)15-7-9-3-2-6-14-9/h8-9H,2-7,11H2,1H3,(H,12,13). The highest BCUT2D eigenvalue weighted by Gasteiger charge is 2.19. The molecule has 1 heterocycles. The van der Waals surface area contributed by atoms with E-state index >= 15 is 0 Å². The van der Waals surface area contributed by atoms with Crippen LogP contribution in [0.15, 0.2) is 0 Å². The Morgan fingerprint density at radius 3 is 3.13 bits per heavy atom. The molecular formula is C10H20N2O3. The second kappa shape index (κ2) is 6.76. The lowest BCUT2D eigenvalue weighted by Gasteiger charge is -2.15. The molecule has 2 unspecified atom stereocenters. The summed E-state index contributed by atoms with van der Waals surface area (Å²) in [5.74, 6) is -0.113. The van der Waals surface area contributed by atoms with Crippen LogP contribution in [0.1, 0.15) is 19.8 Å². The maximum absolute atomic E-state index is 11.4. The molecule has 0 aromatic rings. The van der Waals surface area contributed by atoms with Gasteiger partial charge < -0.3 is 20.5 Å². The van der Waals surface area contributed by atoms with Crippen molar-refractivity contribution in [3.63, 3.8) is 0 Å². The lowest BCUT2D eigenvalue weighted by atomic mass is 10.2. The van der Waals surface area contributed by atoms with Gasteiger partial charge in [-0.2, -0.15) is 0 Å². The van der Waals surface area contributed by atoms with E-state index in [1.165, 1.54) is 0 Å². The Morgan fingerprint density at radius 1 is 1.73 bits per heavy atom. The molecule has 1 fully saturated rings. The van der Waals surface area contributed by atoms with Gasteiger partial charge in [0, 0.05) is 19.7 Å². The van der Waals surface area contributed by atoms with Crippen LogP contribution in [0.25, 0.3) is 0 Å². The number of hydrogen-bond acceptors (Lipinski definition) is 4. The summed E-state index contributed by atoms with van der Waals surface area (Å²) < 4.78 is 10.8. The zero-order valence-corrected chi connectivity index (χ0v) is 9.20. The Morgan fingerprint density at radius 2 is 2.53 bits per heavy atom. The third kappa shape index (κ3) is 4.59. The monoisotopic (exact) mass is 216 g/mol. The second-order valence-electron chi connectivity index (χ2n) is 3.69. The molecule has 0 bridgehead atoms. The number of hydrogen-bond donors (Lipinski definition) is 2. The summed E-state index contributed by atoms with van der Waals surface area (Å²) in [5.41, 5.74) is 5.27. The SMILES string of the molecule is CC(OCC1CCCO1)C(=O)NCCN. The van der Waals surface area contributed by atoms with Crippen LogP contribution in [0, 0.1) is 0 Å². The highest BCUT2D eigenvalue weighted by Crippen LogP contribution is 2.12. The Balaban J connectivity index is 2.10. The van der Waals surface area contributed by atoms with Crippen LogP contribution in [0.4, 0.5) is 0 Å². The lowest BCUT2D eigenvalue weighted by molar-refractivity contribution is -0.133. The zero-order chi connectivity index (χ0) is 11.1. The number of carbonyl (C=O) groups excluding carboxylic acids is 1. The van der Waals surface area contributed by atoms with E-state index in [1.54, 1.807) is 6.92 Å². The minimum Gasteiger partial charge on any atom is -0.376 e. The van der Waals surface area contributed by atoms with Crippen LogP contribution < -0.4 is 11.1 Å². The van der Waals surface area contributed by atoms with Crippen molar-refractivity contribution in [2.75, 3.05) is 26.3 Å². The van der Waals surface area contributed by atoms with Gasteiger partial charge in [-0.15, -0.1) is 0 Å². The maximum atomic E-state index is 11.4. The molecule has 3 N–H and O–H groups in total. The molecular weight excluding hydrogens is 196 g/mol. The van der Waals surface area contributed by atoms with Crippen LogP contribution in [0.2, 0.25) is 0 Å². The number of nitrogens with one attached hydrogen (secondary N) is 1. The van der Waals surface area contributed by atoms with Crippen molar-refractivity contribution >= 4 is 5.91 Å². The van der Waals surface area contributed by atoms with Gasteiger partial charge in [-0.1, -0.05) is 0 Å². The molecule has 0 aliphatic carbocycles. The quantitative estimate of drug-likeness (QED) is 0.636. The summed E-state index contributed by atoms with van der Waals surface area (Å²) in [6, 6.07) is 0. The van der Waals surface area contributed by atoms with Crippen LogP contribution >= 0.6 is 0 Å². The van der Waals surface area contributed by atoms with Gasteiger partial charge >= 0.3 is 0 Å². The van der Waals surface area contributed by atoms with Gasteiger partial charge in [0.1, 0.15) is 6.10 Å². The minimum absolute atomic E-state index is 0.113. The summed E-state index contributed by atoms with van der Waals surface area (Å²) in [6.07, 6.45) is 1.84. The Hall–Kier alpha value is -0.650. The van der Waals surface area contributed by atoms with Crippen molar-refractivity contribution in [1.82, 2.24) is 5.32 Å². The largest absolute Gasteiger partial charge is 0.376 e. The van der Waals surface area contributed by atoms with E-state index in [0.29, 0.717) is 19.7 Å². The van der Waals surface area contributed by atoms with E-state index < -0.39 is 6.10 Å². The van der Waals surface area contributed by atoms with E-state index in [0.717, 1.165) is 19.4 Å². The first-order valence-electron chi connectivity index (χ1n) is 5.45. The Kier molecular flexibility index (Phi) is 5.60. The Bertz CT molecular complexity index is 193. The fourth-order valence-corrected chi connectivity index (χ4v) is 1.44. The van der Waals surface area contributed by atoms with E-state index in [4.69, 9.17) is 15.2 Å². The molecule has 0 aromatic heterocycles. The van der Waals surface area contributed by atoms with Crippen molar-refractivity contribution in [1.29, 1.82) is 0 Å². The lowest BCUT2D eigenvalue weighted by Crippen LogP contribution is -2.38. The van der Waals surface area contributed by atoms with Crippen LogP contribution in [0.5, 0.6) is 0 Å². The Labute approximate surface area is 90.3 Å². The van der Waals surface area contributed by atoms with E-state index in [1.807, 2.05) is 0 Å². The molecule has 2 atom stereocenters. The molecule has 0 radical (unpaired) electrons. The second-order valence-corrected chi connectivity index (χ2v) is 3.69. The van der Waals surface area contributed by atoms with E-state index in [2.05, 4.69) is 5.32 Å². The van der Waals surface area contributed by atoms with Gasteiger partial charge in [-0.3, -0.25) is 4.79 Å². The predicted octanol–water partition coefficient (Wildman–Crippen LogP) is -0.355. The molecule has 0 aromatic carbocycles. The average Bonchev–Trinajstić information content (AvgIpc) is 2.75. The van der Waals surface area contributed by atoms with Gasteiger partial charge in [0.25, 0.3) is 0 Å². The molecule has 0 saturated carbocycles. The van der Waals surface area contributed by atoms with Crippen molar-refractivity contribution < 1.29 is 14.3 Å². The molecule has 1 rings (SSSR count). The minimum atomic E-state index is -0.430. The van der Waals surface area contributed by atoms with Crippen molar-refractivity contribution in [2.45, 2.75) is 32.0 Å². The normalized spacial score (nSPS) is 22.7. The summed E-state index contributed by atoms with van der Waals surface area (Å²) in [5, 5.41) is 2.68. The zero-order valence-electron chi connectivity index (χ0n) is 9.20. The first-order chi connectivity index (χ1) is 7.24. The van der Waals surface area contributed by atoms with Crippen LogP contribution in [0.3, 0.4) is 0 Å². The molecule has 5 nitrogen and oxygen atoms in total. The first kappa shape index (κ1) is 12.4. The molecule has 0 spiro atoms. The first-order valence-corrected chi connectivity index (χ1v) is 5.45. The number of ether oxygens (including phenoxy) is 2. The van der Waals surface area contributed by atoms with Gasteiger partial charge in [-0.25, -0.2) is 0 Å². The van der Waals surface area contributed by atoms with Crippen molar-refractivity contribution in [3.05, 3.63) is 0 Å². The highest BCUT2D eigenvalue weighted by atomic mass is 16.5. The van der Waals surface area contributed by atoms with E-state index in [9.17, 15) is 4.79 Å². The molecule has 1 aliphatic heterocycles. The van der Waals surface area contributed by atoms with Crippen LogP contribution in [-0.4, -0.2) is 44.4 Å². The molecule has 15 heavy (non-hydrogen) atoms. The summed E-state index contributed by atoms with van der Waals surface area (Å²) in [7, 11) is 0. The van der Waals surface area contributed by atoms with Gasteiger partial charge in [0.2, 0.25) is 5.91 Å². The topological polar surface area (TPSA) is 73.6 Å². The predicted molar refractivity (Wildman–Crippen MR) is 56.5 cm³/mol. The van der Waals surface area contributed by atoms with Crippen molar-refractivity contribution in [2.24, 2.45) is 5.73 Å². The van der Waals surface area contributed by atoms with Crippen molar-refractivity contribution in [3.8, 4) is 0 Å². The number of amides is 1. The molecule has 1 saturated heterocycles. The molecule has 1 amide bonds. The number of nitrogens with two attached hydrogens (primary N) is 1. The number of rotatable bonds is 6. The summed E-state index contributed by atoms with van der Waals surface area (Å²) >= 11 is 0. The summed E-state index contributed by atoms with van der Waals surface area (Å²) in [4.78, 5) is 11.4. The average molecular weight is 216 g/mol. The highest BCUT2D eigenvalue weighted by molar-refractivity contribution is 5.80. The fourth-order valence-electron chi connectivity index (χ4n) is 1.44. The maximum Gasteiger partial charge on any atom is 0.248 e. The van der Waals surface area contributed by atoms with Gasteiger partial charge in [-0.05, 0) is 19.8 Å². The van der Waals surface area contributed by atoms with Crippen LogP contribution in [-0.2, 0) is 14.3 Å². The third-order valence-electron chi connectivity index (χ3n) is 2.37. The summed E-state index contributed by atoms with van der Waals surface area (Å²) in [6.45, 7) is 3.98. The third-order valence-corrected chi connectivity index (χ3v) is 2.37. The van der Waals surface area contributed by atoms with Gasteiger partial charge in [0.15, 0.2) is 0 Å². The molecule has 88 valence electrons. The number of carbonyl (C=O) groups is 1. The molecule has 5 heteroatoms. The molecule has 1 aliphatic rings. The smallest absolute Gasteiger partial charge is 0.248 e. The van der Waals surface area contributed by atoms with E-state index in [-0.39, 0.29) is 12.0 Å².